The average molecular weight is 257 g/mol. The van der Waals surface area contributed by atoms with Crippen molar-refractivity contribution in [2.45, 2.75) is 19.8 Å². The molecule has 0 atom stereocenters. The van der Waals surface area contributed by atoms with Crippen LogP contribution in [0, 0.1) is 6.92 Å². The summed E-state index contributed by atoms with van der Waals surface area (Å²) in [5, 5.41) is 8.83. The van der Waals surface area contributed by atoms with Gasteiger partial charge in [0.1, 0.15) is 17.2 Å². The van der Waals surface area contributed by atoms with Crippen LogP contribution in [0.15, 0.2) is 30.5 Å². The number of carboxylic acids is 1. The van der Waals surface area contributed by atoms with Crippen LogP contribution in [0.25, 0.3) is 0 Å². The van der Waals surface area contributed by atoms with E-state index in [1.807, 2.05) is 25.1 Å². The highest BCUT2D eigenvalue weighted by Gasteiger charge is 2.10. The molecule has 2 aromatic rings. The number of aryl methyl sites for hydroxylation is 3. The summed E-state index contributed by atoms with van der Waals surface area (Å²) in [6.07, 6.45) is 2.69. The number of nitrogen functional groups attached to an aromatic ring is 1. The van der Waals surface area contributed by atoms with E-state index in [4.69, 9.17) is 10.8 Å². The molecule has 5 nitrogen and oxygen atoms in total. The van der Waals surface area contributed by atoms with E-state index in [1.54, 1.807) is 0 Å². The van der Waals surface area contributed by atoms with E-state index in [0.717, 1.165) is 6.42 Å². The summed E-state index contributed by atoms with van der Waals surface area (Å²) in [6, 6.07) is 8.20. The standard InChI is InChI=1S/C14H15N3O2/c1-9-3-2-4-10(7-9)5-6-12-16-8-11(14(18)19)13(15)17-12/h2-4,7-8H,5-6H2,1H3,(H,18,19)(H2,15,16,17). The van der Waals surface area contributed by atoms with Gasteiger partial charge in [-0.25, -0.2) is 14.8 Å². The minimum Gasteiger partial charge on any atom is -0.477 e. The molecule has 1 aromatic carbocycles. The Labute approximate surface area is 111 Å². The number of hydrogen-bond acceptors (Lipinski definition) is 4. The second-order valence-corrected chi connectivity index (χ2v) is 4.38. The van der Waals surface area contributed by atoms with Crippen LogP contribution >= 0.6 is 0 Å². The van der Waals surface area contributed by atoms with Gasteiger partial charge in [-0.3, -0.25) is 0 Å². The van der Waals surface area contributed by atoms with Gasteiger partial charge in [0, 0.05) is 12.6 Å². The predicted molar refractivity (Wildman–Crippen MR) is 72.0 cm³/mol. The second kappa shape index (κ2) is 5.48. The fourth-order valence-corrected chi connectivity index (χ4v) is 1.84. The van der Waals surface area contributed by atoms with E-state index >= 15 is 0 Å². The molecule has 2 rings (SSSR count). The smallest absolute Gasteiger partial charge is 0.341 e. The third-order valence-corrected chi connectivity index (χ3v) is 2.82. The van der Waals surface area contributed by atoms with Gasteiger partial charge in [-0.2, -0.15) is 0 Å². The lowest BCUT2D eigenvalue weighted by Crippen LogP contribution is -2.09. The number of hydrogen-bond donors (Lipinski definition) is 2. The molecule has 5 heteroatoms. The number of benzene rings is 1. The molecule has 3 N–H and O–H groups in total. The molecule has 0 spiro atoms. The fraction of sp³-hybridized carbons (Fsp3) is 0.214. The number of nitrogens with zero attached hydrogens (tertiary/aromatic N) is 2. The number of anilines is 1. The first-order chi connectivity index (χ1) is 9.06. The zero-order valence-corrected chi connectivity index (χ0v) is 10.6. The average Bonchev–Trinajstić information content (AvgIpc) is 2.36. The van der Waals surface area contributed by atoms with Crippen LogP contribution in [0.3, 0.4) is 0 Å². The highest BCUT2D eigenvalue weighted by molar-refractivity contribution is 5.92. The molecule has 0 radical (unpaired) electrons. The molecule has 0 bridgehead atoms. The molecule has 0 aliphatic heterocycles. The highest BCUT2D eigenvalue weighted by Crippen LogP contribution is 2.10. The maximum atomic E-state index is 10.8. The number of carboxylic acid groups (broad SMARTS) is 1. The third-order valence-electron chi connectivity index (χ3n) is 2.82. The number of aromatic nitrogens is 2. The van der Waals surface area contributed by atoms with Crippen LogP contribution in [0.4, 0.5) is 5.82 Å². The van der Waals surface area contributed by atoms with Crippen LogP contribution < -0.4 is 5.73 Å². The Balaban J connectivity index is 2.08. The van der Waals surface area contributed by atoms with Crippen molar-refractivity contribution in [3.05, 3.63) is 53.0 Å². The molecule has 0 unspecified atom stereocenters. The Morgan fingerprint density at radius 2 is 2.16 bits per heavy atom. The Hall–Kier alpha value is -2.43. The van der Waals surface area contributed by atoms with Gasteiger partial charge in [0.2, 0.25) is 0 Å². The van der Waals surface area contributed by atoms with Gasteiger partial charge >= 0.3 is 5.97 Å². The highest BCUT2D eigenvalue weighted by atomic mass is 16.4. The fourth-order valence-electron chi connectivity index (χ4n) is 1.84. The zero-order valence-electron chi connectivity index (χ0n) is 10.6. The molecular formula is C14H15N3O2. The van der Waals surface area contributed by atoms with Crippen molar-refractivity contribution >= 4 is 11.8 Å². The van der Waals surface area contributed by atoms with Crippen molar-refractivity contribution in [3.63, 3.8) is 0 Å². The van der Waals surface area contributed by atoms with Gasteiger partial charge in [0.05, 0.1) is 0 Å². The van der Waals surface area contributed by atoms with Crippen molar-refractivity contribution in [1.82, 2.24) is 9.97 Å². The zero-order chi connectivity index (χ0) is 13.8. The first-order valence-electron chi connectivity index (χ1n) is 5.96. The van der Waals surface area contributed by atoms with Gasteiger partial charge in [0.15, 0.2) is 0 Å². The van der Waals surface area contributed by atoms with Gasteiger partial charge in [-0.15, -0.1) is 0 Å². The monoisotopic (exact) mass is 257 g/mol. The van der Waals surface area contributed by atoms with Gasteiger partial charge in [0.25, 0.3) is 0 Å². The molecule has 98 valence electrons. The summed E-state index contributed by atoms with van der Waals surface area (Å²) in [6.45, 7) is 2.04. The molecule has 1 aromatic heterocycles. The lowest BCUT2D eigenvalue weighted by atomic mass is 10.1. The van der Waals surface area contributed by atoms with Crippen molar-refractivity contribution in [2.24, 2.45) is 0 Å². The van der Waals surface area contributed by atoms with Crippen LogP contribution in [-0.2, 0) is 12.8 Å². The van der Waals surface area contributed by atoms with Gasteiger partial charge < -0.3 is 10.8 Å². The lowest BCUT2D eigenvalue weighted by molar-refractivity contribution is 0.0697. The van der Waals surface area contributed by atoms with Crippen LogP contribution in [0.1, 0.15) is 27.3 Å². The summed E-state index contributed by atoms with van der Waals surface area (Å²) in [5.41, 5.74) is 7.93. The van der Waals surface area contributed by atoms with Crippen molar-refractivity contribution in [3.8, 4) is 0 Å². The van der Waals surface area contributed by atoms with Crippen molar-refractivity contribution in [2.75, 3.05) is 5.73 Å². The molecular weight excluding hydrogens is 242 g/mol. The minimum absolute atomic E-state index is 0.0155. The molecule has 0 saturated heterocycles. The molecule has 0 aliphatic carbocycles. The first kappa shape index (κ1) is 13.0. The maximum absolute atomic E-state index is 10.8. The van der Waals surface area contributed by atoms with E-state index in [0.29, 0.717) is 12.2 Å². The van der Waals surface area contributed by atoms with E-state index in [-0.39, 0.29) is 11.4 Å². The molecule has 0 saturated carbocycles. The normalized spacial score (nSPS) is 10.4. The van der Waals surface area contributed by atoms with E-state index in [2.05, 4.69) is 16.0 Å². The Bertz CT molecular complexity index is 611. The summed E-state index contributed by atoms with van der Waals surface area (Å²) < 4.78 is 0. The van der Waals surface area contributed by atoms with E-state index in [9.17, 15) is 4.79 Å². The summed E-state index contributed by atoms with van der Waals surface area (Å²) >= 11 is 0. The SMILES string of the molecule is Cc1cccc(CCc2ncc(C(=O)O)c(N)n2)c1. The number of aromatic carboxylic acids is 1. The number of carbonyl (C=O) groups is 1. The van der Waals surface area contributed by atoms with E-state index < -0.39 is 5.97 Å². The van der Waals surface area contributed by atoms with Crippen LogP contribution in [0.2, 0.25) is 0 Å². The summed E-state index contributed by atoms with van der Waals surface area (Å²) in [4.78, 5) is 18.8. The van der Waals surface area contributed by atoms with Crippen LogP contribution in [-0.4, -0.2) is 21.0 Å². The molecule has 1 heterocycles. The first-order valence-corrected chi connectivity index (χ1v) is 5.96. The Morgan fingerprint density at radius 3 is 2.79 bits per heavy atom. The second-order valence-electron chi connectivity index (χ2n) is 4.38. The van der Waals surface area contributed by atoms with Crippen molar-refractivity contribution in [1.29, 1.82) is 0 Å². The van der Waals surface area contributed by atoms with E-state index in [1.165, 1.54) is 17.3 Å². The Kier molecular flexibility index (Phi) is 3.75. The topological polar surface area (TPSA) is 89.1 Å². The number of nitrogens with two attached hydrogens (primary N) is 1. The largest absolute Gasteiger partial charge is 0.477 e. The van der Waals surface area contributed by atoms with Crippen molar-refractivity contribution < 1.29 is 9.90 Å². The molecule has 19 heavy (non-hydrogen) atoms. The lowest BCUT2D eigenvalue weighted by Gasteiger charge is -2.04. The number of rotatable bonds is 4. The maximum Gasteiger partial charge on any atom is 0.341 e. The summed E-state index contributed by atoms with van der Waals surface area (Å²) in [5.74, 6) is -0.534. The van der Waals surface area contributed by atoms with Gasteiger partial charge in [-0.1, -0.05) is 29.8 Å². The van der Waals surface area contributed by atoms with Crippen LogP contribution in [0.5, 0.6) is 0 Å². The molecule has 0 fully saturated rings. The minimum atomic E-state index is -1.11. The summed E-state index contributed by atoms with van der Waals surface area (Å²) in [7, 11) is 0. The third kappa shape index (κ3) is 3.28. The molecule has 0 amide bonds. The predicted octanol–water partition coefficient (Wildman–Crippen LogP) is 1.85. The van der Waals surface area contributed by atoms with Gasteiger partial charge in [-0.05, 0) is 18.9 Å². The quantitative estimate of drug-likeness (QED) is 0.872. The Morgan fingerprint density at radius 1 is 1.37 bits per heavy atom. The molecule has 0 aliphatic rings.